The summed E-state index contributed by atoms with van der Waals surface area (Å²) >= 11 is 1.40. The van der Waals surface area contributed by atoms with Gasteiger partial charge in [0.2, 0.25) is 0 Å². The Kier molecular flexibility index (Phi) is 4.65. The van der Waals surface area contributed by atoms with Crippen molar-refractivity contribution < 1.29 is 14.0 Å². The number of aryl methyl sites for hydroxylation is 2. The van der Waals surface area contributed by atoms with E-state index in [4.69, 9.17) is 4.42 Å². The van der Waals surface area contributed by atoms with Gasteiger partial charge in [0.25, 0.3) is 11.8 Å². The summed E-state index contributed by atoms with van der Waals surface area (Å²) in [5.74, 6) is 1.17. The van der Waals surface area contributed by atoms with Crippen LogP contribution in [0.3, 0.4) is 0 Å². The molecule has 3 aromatic heterocycles. The number of furan rings is 1. The van der Waals surface area contributed by atoms with Crippen molar-refractivity contribution in [1.29, 1.82) is 0 Å². The smallest absolute Gasteiger partial charge is 0.287 e. The fourth-order valence-electron chi connectivity index (χ4n) is 3.03. The molecule has 1 saturated carbocycles. The van der Waals surface area contributed by atoms with E-state index in [1.165, 1.54) is 17.6 Å². The number of hydrogen-bond donors (Lipinski definition) is 2. The number of fused-ring (bicyclic) bond motifs is 1. The fourth-order valence-corrected chi connectivity index (χ4v) is 4.18. The van der Waals surface area contributed by atoms with E-state index in [1.807, 2.05) is 13.8 Å². The Morgan fingerprint density at radius 1 is 1.19 bits per heavy atom. The van der Waals surface area contributed by atoms with Gasteiger partial charge >= 0.3 is 0 Å². The minimum Gasteiger partial charge on any atom is -0.459 e. The van der Waals surface area contributed by atoms with Crippen LogP contribution in [0.2, 0.25) is 0 Å². The number of nitrogens with one attached hydrogen (secondary N) is 2. The molecule has 1 fully saturated rings. The molecule has 0 spiro atoms. The van der Waals surface area contributed by atoms with Crippen molar-refractivity contribution in [2.75, 3.05) is 13.1 Å². The summed E-state index contributed by atoms with van der Waals surface area (Å²) in [5, 5.41) is 6.52. The summed E-state index contributed by atoms with van der Waals surface area (Å²) < 4.78 is 5.02. The van der Waals surface area contributed by atoms with Gasteiger partial charge in [0.05, 0.1) is 16.8 Å². The van der Waals surface area contributed by atoms with Crippen LogP contribution in [0.25, 0.3) is 10.2 Å². The molecule has 2 N–H and O–H groups in total. The van der Waals surface area contributed by atoms with Crippen molar-refractivity contribution in [1.82, 2.24) is 20.6 Å². The predicted molar refractivity (Wildman–Crippen MR) is 102 cm³/mol. The molecule has 3 heterocycles. The van der Waals surface area contributed by atoms with Gasteiger partial charge in [-0.25, -0.2) is 9.97 Å². The molecule has 140 valence electrons. The van der Waals surface area contributed by atoms with Crippen molar-refractivity contribution in [3.8, 4) is 0 Å². The maximum absolute atomic E-state index is 12.6. The Balaban J connectivity index is 1.41. The van der Waals surface area contributed by atoms with Crippen molar-refractivity contribution in [3.05, 3.63) is 46.1 Å². The van der Waals surface area contributed by atoms with Gasteiger partial charge in [0.15, 0.2) is 5.76 Å². The molecule has 0 aliphatic heterocycles. The average molecular weight is 384 g/mol. The van der Waals surface area contributed by atoms with E-state index in [0.717, 1.165) is 40.1 Å². The number of nitrogens with zero attached hydrogens (tertiary/aromatic N) is 2. The van der Waals surface area contributed by atoms with Crippen LogP contribution in [-0.2, 0) is 0 Å². The standard InChI is InChI=1S/C19H20N4O3S/c1-10-14-11(2)22-16(12-5-6-12)23-19(14)27-15(10)18(25)21-8-7-20-17(24)13-4-3-9-26-13/h3-4,9,12H,5-8H2,1-2H3,(H,20,24)(H,21,25). The second-order valence-electron chi connectivity index (χ2n) is 6.67. The summed E-state index contributed by atoms with van der Waals surface area (Å²) in [6, 6.07) is 3.24. The molecule has 3 aromatic rings. The number of thiophene rings is 1. The maximum Gasteiger partial charge on any atom is 0.287 e. The van der Waals surface area contributed by atoms with E-state index in [-0.39, 0.29) is 17.6 Å². The highest BCUT2D eigenvalue weighted by atomic mass is 32.1. The molecule has 7 nitrogen and oxygen atoms in total. The van der Waals surface area contributed by atoms with Gasteiger partial charge in [-0.3, -0.25) is 9.59 Å². The Morgan fingerprint density at radius 2 is 1.93 bits per heavy atom. The van der Waals surface area contributed by atoms with E-state index in [9.17, 15) is 9.59 Å². The van der Waals surface area contributed by atoms with Gasteiger partial charge in [0.1, 0.15) is 10.7 Å². The number of rotatable bonds is 6. The number of amides is 2. The van der Waals surface area contributed by atoms with Crippen LogP contribution >= 0.6 is 11.3 Å². The monoisotopic (exact) mass is 384 g/mol. The minimum absolute atomic E-state index is 0.157. The molecule has 8 heteroatoms. The van der Waals surface area contributed by atoms with Crippen LogP contribution in [-0.4, -0.2) is 34.9 Å². The van der Waals surface area contributed by atoms with Crippen molar-refractivity contribution in [2.45, 2.75) is 32.6 Å². The third-order valence-electron chi connectivity index (χ3n) is 4.58. The fraction of sp³-hybridized carbons (Fsp3) is 0.368. The Morgan fingerprint density at radius 3 is 2.59 bits per heavy atom. The van der Waals surface area contributed by atoms with Crippen molar-refractivity contribution >= 4 is 33.4 Å². The Hall–Kier alpha value is -2.74. The van der Waals surface area contributed by atoms with E-state index >= 15 is 0 Å². The lowest BCUT2D eigenvalue weighted by molar-refractivity contribution is 0.0911. The van der Waals surface area contributed by atoms with Crippen LogP contribution in [0.15, 0.2) is 22.8 Å². The summed E-state index contributed by atoms with van der Waals surface area (Å²) in [5.41, 5.74) is 1.84. The molecule has 4 rings (SSSR count). The quantitative estimate of drug-likeness (QED) is 0.637. The largest absolute Gasteiger partial charge is 0.459 e. The highest BCUT2D eigenvalue weighted by Crippen LogP contribution is 2.40. The molecular weight excluding hydrogens is 364 g/mol. The topological polar surface area (TPSA) is 97.1 Å². The zero-order valence-electron chi connectivity index (χ0n) is 15.2. The van der Waals surface area contributed by atoms with Gasteiger partial charge in [-0.15, -0.1) is 11.3 Å². The normalized spacial score (nSPS) is 13.7. The number of hydrogen-bond acceptors (Lipinski definition) is 6. The van der Waals surface area contributed by atoms with E-state index < -0.39 is 0 Å². The molecule has 1 aliphatic rings. The second kappa shape index (κ2) is 7.11. The average Bonchev–Trinajstić information content (AvgIpc) is 3.24. The van der Waals surface area contributed by atoms with Gasteiger partial charge in [-0.2, -0.15) is 0 Å². The van der Waals surface area contributed by atoms with E-state index in [1.54, 1.807) is 12.1 Å². The summed E-state index contributed by atoms with van der Waals surface area (Å²) in [6.45, 7) is 4.55. The predicted octanol–water partition coefficient (Wildman–Crippen LogP) is 2.94. The minimum atomic E-state index is -0.300. The maximum atomic E-state index is 12.6. The molecule has 0 saturated heterocycles. The van der Waals surface area contributed by atoms with Crippen LogP contribution in [0, 0.1) is 13.8 Å². The lowest BCUT2D eigenvalue weighted by atomic mass is 10.1. The van der Waals surface area contributed by atoms with E-state index in [0.29, 0.717) is 23.9 Å². The molecular formula is C19H20N4O3S. The number of carbonyl (C=O) groups excluding carboxylic acids is 2. The Labute approximate surface area is 160 Å². The highest BCUT2D eigenvalue weighted by Gasteiger charge is 2.28. The van der Waals surface area contributed by atoms with Gasteiger partial charge in [0, 0.05) is 24.4 Å². The summed E-state index contributed by atoms with van der Waals surface area (Å²) in [6.07, 6.45) is 3.74. The zero-order valence-corrected chi connectivity index (χ0v) is 16.0. The SMILES string of the molecule is Cc1nc(C2CC2)nc2sc(C(=O)NCCNC(=O)c3ccco3)c(C)c12. The lowest BCUT2D eigenvalue weighted by Crippen LogP contribution is -2.34. The van der Waals surface area contributed by atoms with Gasteiger partial charge < -0.3 is 15.1 Å². The molecule has 1 aliphatic carbocycles. The molecule has 0 aromatic carbocycles. The molecule has 0 unspecified atom stereocenters. The molecule has 27 heavy (non-hydrogen) atoms. The number of aromatic nitrogens is 2. The van der Waals surface area contributed by atoms with Crippen molar-refractivity contribution in [2.24, 2.45) is 0 Å². The molecule has 0 radical (unpaired) electrons. The Bertz CT molecular complexity index is 1010. The third kappa shape index (κ3) is 3.57. The molecule has 0 bridgehead atoms. The third-order valence-corrected chi connectivity index (χ3v) is 5.76. The van der Waals surface area contributed by atoms with Crippen LogP contribution in [0.5, 0.6) is 0 Å². The second-order valence-corrected chi connectivity index (χ2v) is 7.67. The molecule has 2 amide bonds. The zero-order chi connectivity index (χ0) is 19.0. The van der Waals surface area contributed by atoms with Gasteiger partial charge in [-0.1, -0.05) is 0 Å². The summed E-state index contributed by atoms with van der Waals surface area (Å²) in [4.78, 5) is 35.2. The van der Waals surface area contributed by atoms with Crippen molar-refractivity contribution in [3.63, 3.8) is 0 Å². The number of carbonyl (C=O) groups is 2. The van der Waals surface area contributed by atoms with E-state index in [2.05, 4.69) is 20.6 Å². The summed E-state index contributed by atoms with van der Waals surface area (Å²) in [7, 11) is 0. The first-order valence-electron chi connectivity index (χ1n) is 8.92. The first kappa shape index (κ1) is 17.7. The van der Waals surface area contributed by atoms with Crippen LogP contribution in [0.1, 0.15) is 56.1 Å². The lowest BCUT2D eigenvalue weighted by Gasteiger charge is -2.06. The first-order chi connectivity index (χ1) is 13.0. The first-order valence-corrected chi connectivity index (χ1v) is 9.73. The van der Waals surface area contributed by atoms with Gasteiger partial charge in [-0.05, 0) is 44.4 Å². The highest BCUT2D eigenvalue weighted by molar-refractivity contribution is 7.20. The molecule has 0 atom stereocenters. The van der Waals surface area contributed by atoms with Crippen LogP contribution in [0.4, 0.5) is 0 Å². The van der Waals surface area contributed by atoms with Crippen LogP contribution < -0.4 is 10.6 Å².